The number of aliphatic hydroxyl groups is 1. The van der Waals surface area contributed by atoms with E-state index < -0.39 is 0 Å². The van der Waals surface area contributed by atoms with Crippen molar-refractivity contribution in [3.05, 3.63) is 34.9 Å². The normalized spacial score (nSPS) is 28.1. The van der Waals surface area contributed by atoms with Crippen LogP contribution in [0.25, 0.3) is 0 Å². The second-order valence-electron chi connectivity index (χ2n) is 6.94. The summed E-state index contributed by atoms with van der Waals surface area (Å²) in [6.07, 6.45) is 2.79. The van der Waals surface area contributed by atoms with Crippen molar-refractivity contribution in [2.24, 2.45) is 5.92 Å². The van der Waals surface area contributed by atoms with Gasteiger partial charge in [-0.3, -0.25) is 4.79 Å². The summed E-state index contributed by atoms with van der Waals surface area (Å²) in [5.74, 6) is 0.246. The van der Waals surface area contributed by atoms with Gasteiger partial charge >= 0.3 is 0 Å². The number of aliphatic hydroxyl groups excluding tert-OH is 1. The molecule has 1 aromatic carbocycles. The number of carbonyl (C=O) groups is 1. The van der Waals surface area contributed by atoms with Crippen LogP contribution >= 0.6 is 0 Å². The molecule has 0 saturated carbocycles. The average Bonchev–Trinajstić information content (AvgIpc) is 3.01. The van der Waals surface area contributed by atoms with Crippen molar-refractivity contribution >= 4 is 5.91 Å². The van der Waals surface area contributed by atoms with Crippen molar-refractivity contribution < 1.29 is 14.6 Å². The molecular formula is C19H27NO3. The lowest BCUT2D eigenvalue weighted by molar-refractivity contribution is -0.135. The molecule has 0 spiro atoms. The molecule has 1 amide bonds. The van der Waals surface area contributed by atoms with E-state index in [1.807, 2.05) is 11.0 Å². The first-order valence-electron chi connectivity index (χ1n) is 8.68. The number of hydrogen-bond acceptors (Lipinski definition) is 3. The number of nitrogens with zero attached hydrogens (tertiary/aromatic N) is 1. The lowest BCUT2D eigenvalue weighted by Crippen LogP contribution is -2.48. The monoisotopic (exact) mass is 317 g/mol. The van der Waals surface area contributed by atoms with E-state index in [4.69, 9.17) is 4.74 Å². The fourth-order valence-corrected chi connectivity index (χ4v) is 4.04. The molecular weight excluding hydrogens is 290 g/mol. The number of likely N-dealkylation sites (tertiary alicyclic amines) is 1. The molecule has 1 N–H and O–H groups in total. The number of aryl methyl sites for hydroxylation is 2. The molecule has 0 bridgehead atoms. The molecule has 0 unspecified atom stereocenters. The predicted octanol–water partition coefficient (Wildman–Crippen LogP) is 2.23. The van der Waals surface area contributed by atoms with Gasteiger partial charge in [-0.1, -0.05) is 18.2 Å². The van der Waals surface area contributed by atoms with E-state index in [0.29, 0.717) is 26.1 Å². The molecule has 2 heterocycles. The molecule has 3 atom stereocenters. The van der Waals surface area contributed by atoms with Gasteiger partial charge in [0.2, 0.25) is 5.91 Å². The molecule has 2 saturated heterocycles. The minimum absolute atomic E-state index is 0.0631. The van der Waals surface area contributed by atoms with E-state index >= 15 is 0 Å². The summed E-state index contributed by atoms with van der Waals surface area (Å²) < 4.78 is 5.55. The van der Waals surface area contributed by atoms with Crippen molar-refractivity contribution in [3.8, 4) is 0 Å². The molecule has 0 aromatic heterocycles. The second kappa shape index (κ2) is 7.02. The predicted molar refractivity (Wildman–Crippen MR) is 89.3 cm³/mol. The highest BCUT2D eigenvalue weighted by molar-refractivity contribution is 5.80. The molecule has 2 aliphatic rings. The van der Waals surface area contributed by atoms with Crippen LogP contribution in [0.3, 0.4) is 0 Å². The first-order valence-corrected chi connectivity index (χ1v) is 8.68. The van der Waals surface area contributed by atoms with Gasteiger partial charge < -0.3 is 14.7 Å². The Morgan fingerprint density at radius 2 is 2.04 bits per heavy atom. The van der Waals surface area contributed by atoms with E-state index in [0.717, 1.165) is 24.9 Å². The smallest absolute Gasteiger partial charge is 0.227 e. The second-order valence-corrected chi connectivity index (χ2v) is 6.94. The summed E-state index contributed by atoms with van der Waals surface area (Å²) in [4.78, 5) is 14.9. The molecule has 3 rings (SSSR count). The van der Waals surface area contributed by atoms with Crippen LogP contribution in [-0.4, -0.2) is 47.8 Å². The van der Waals surface area contributed by atoms with Crippen LogP contribution in [0.4, 0.5) is 0 Å². The quantitative estimate of drug-likeness (QED) is 0.930. The maximum absolute atomic E-state index is 12.9. The highest BCUT2D eigenvalue weighted by atomic mass is 16.5. The topological polar surface area (TPSA) is 49.8 Å². The third kappa shape index (κ3) is 3.43. The third-order valence-electron chi connectivity index (χ3n) is 5.45. The molecule has 0 aliphatic carbocycles. The van der Waals surface area contributed by atoms with Crippen molar-refractivity contribution in [2.75, 3.05) is 19.8 Å². The third-order valence-corrected chi connectivity index (χ3v) is 5.45. The Kier molecular flexibility index (Phi) is 5.02. The van der Waals surface area contributed by atoms with Crippen LogP contribution in [0.5, 0.6) is 0 Å². The lowest BCUT2D eigenvalue weighted by Gasteiger charge is -2.37. The highest BCUT2D eigenvalue weighted by Crippen LogP contribution is 2.30. The number of amides is 1. The van der Waals surface area contributed by atoms with Crippen molar-refractivity contribution in [2.45, 2.75) is 51.7 Å². The van der Waals surface area contributed by atoms with Gasteiger partial charge in [0.25, 0.3) is 0 Å². The molecule has 126 valence electrons. The molecule has 0 radical (unpaired) electrons. The van der Waals surface area contributed by atoms with Gasteiger partial charge in [-0.25, -0.2) is 0 Å². The van der Waals surface area contributed by atoms with Crippen molar-refractivity contribution in [3.63, 3.8) is 0 Å². The zero-order valence-corrected chi connectivity index (χ0v) is 14.1. The zero-order valence-electron chi connectivity index (χ0n) is 14.1. The van der Waals surface area contributed by atoms with Crippen LogP contribution in [0.15, 0.2) is 18.2 Å². The van der Waals surface area contributed by atoms with Gasteiger partial charge in [-0.05, 0) is 49.8 Å². The Labute approximate surface area is 138 Å². The molecule has 2 aliphatic heterocycles. The van der Waals surface area contributed by atoms with Gasteiger partial charge in [-0.2, -0.15) is 0 Å². The van der Waals surface area contributed by atoms with Crippen LogP contribution in [0.1, 0.15) is 36.0 Å². The van der Waals surface area contributed by atoms with E-state index in [9.17, 15) is 9.90 Å². The summed E-state index contributed by atoms with van der Waals surface area (Å²) in [5, 5.41) is 10.3. The van der Waals surface area contributed by atoms with Crippen LogP contribution < -0.4 is 0 Å². The first-order chi connectivity index (χ1) is 11.1. The summed E-state index contributed by atoms with van der Waals surface area (Å²) >= 11 is 0. The van der Waals surface area contributed by atoms with Crippen LogP contribution in [0.2, 0.25) is 0 Å². The molecule has 4 nitrogen and oxygen atoms in total. The fraction of sp³-hybridized carbons (Fsp3) is 0.632. The Morgan fingerprint density at radius 1 is 1.30 bits per heavy atom. The van der Waals surface area contributed by atoms with E-state index in [1.165, 1.54) is 11.1 Å². The van der Waals surface area contributed by atoms with E-state index in [-0.39, 0.29) is 24.0 Å². The Morgan fingerprint density at radius 3 is 2.74 bits per heavy atom. The minimum Gasteiger partial charge on any atom is -0.393 e. The lowest BCUT2D eigenvalue weighted by atomic mass is 9.89. The Balaban J connectivity index is 1.73. The van der Waals surface area contributed by atoms with E-state index in [2.05, 4.69) is 26.0 Å². The summed E-state index contributed by atoms with van der Waals surface area (Å²) in [6.45, 7) is 6.13. The van der Waals surface area contributed by atoms with Crippen molar-refractivity contribution in [1.29, 1.82) is 0 Å². The molecule has 2 fully saturated rings. The zero-order chi connectivity index (χ0) is 16.4. The molecule has 1 aromatic rings. The van der Waals surface area contributed by atoms with Gasteiger partial charge in [0, 0.05) is 25.1 Å². The first kappa shape index (κ1) is 16.5. The maximum atomic E-state index is 12.9. The minimum atomic E-state index is -0.345. The number of hydrogen-bond donors (Lipinski definition) is 1. The van der Waals surface area contributed by atoms with Gasteiger partial charge in [0.05, 0.1) is 19.1 Å². The van der Waals surface area contributed by atoms with Crippen molar-refractivity contribution in [1.82, 2.24) is 4.90 Å². The summed E-state index contributed by atoms with van der Waals surface area (Å²) in [7, 11) is 0. The maximum Gasteiger partial charge on any atom is 0.227 e. The number of ether oxygens (including phenoxy) is 1. The number of rotatable bonds is 3. The average molecular weight is 317 g/mol. The largest absolute Gasteiger partial charge is 0.393 e. The van der Waals surface area contributed by atoms with E-state index in [1.54, 1.807) is 0 Å². The molecule has 23 heavy (non-hydrogen) atoms. The standard InChI is InChI=1S/C19H27NO3/c1-13-5-3-6-14(2)15(13)11-19(22)20-9-4-7-17(20)16-12-23-10-8-18(16)21/h3,5-6,16-18,21H,4,7-12H2,1-2H3/t16-,17+,18-/m0/s1. The van der Waals surface area contributed by atoms with Gasteiger partial charge in [0.1, 0.15) is 0 Å². The van der Waals surface area contributed by atoms with Crippen LogP contribution in [0, 0.1) is 19.8 Å². The summed E-state index contributed by atoms with van der Waals surface area (Å²) in [5.41, 5.74) is 3.49. The Hall–Kier alpha value is -1.39. The van der Waals surface area contributed by atoms with Gasteiger partial charge in [0.15, 0.2) is 0 Å². The highest BCUT2D eigenvalue weighted by Gasteiger charge is 2.39. The van der Waals surface area contributed by atoms with Gasteiger partial charge in [-0.15, -0.1) is 0 Å². The summed E-state index contributed by atoms with van der Waals surface area (Å²) in [6, 6.07) is 6.29. The SMILES string of the molecule is Cc1cccc(C)c1CC(=O)N1CCC[C@@H]1[C@@H]1COCC[C@@H]1O. The number of carbonyl (C=O) groups excluding carboxylic acids is 1. The fourth-order valence-electron chi connectivity index (χ4n) is 4.04. The van der Waals surface area contributed by atoms with Crippen LogP contribution in [-0.2, 0) is 16.0 Å². The molecule has 4 heteroatoms. The number of benzene rings is 1. The Bertz CT molecular complexity index is 551.